The van der Waals surface area contributed by atoms with Crippen molar-refractivity contribution >= 4 is 9.84 Å². The van der Waals surface area contributed by atoms with Gasteiger partial charge >= 0.3 is 0 Å². The van der Waals surface area contributed by atoms with Crippen molar-refractivity contribution in [1.82, 2.24) is 10.3 Å². The predicted molar refractivity (Wildman–Crippen MR) is 80.7 cm³/mol. The van der Waals surface area contributed by atoms with Gasteiger partial charge in [0, 0.05) is 24.2 Å². The summed E-state index contributed by atoms with van der Waals surface area (Å²) in [7, 11) is -3.81. The Kier molecular flexibility index (Phi) is 3.35. The molecule has 0 saturated carbocycles. The summed E-state index contributed by atoms with van der Waals surface area (Å²) in [6.45, 7) is 1.69. The van der Waals surface area contributed by atoms with E-state index in [-0.39, 0.29) is 15.9 Å². The molecule has 1 saturated heterocycles. The number of nitrogens with zero attached hydrogens (tertiary/aromatic N) is 1. The summed E-state index contributed by atoms with van der Waals surface area (Å²) in [5.74, 6) is 0.230. The fourth-order valence-corrected chi connectivity index (χ4v) is 4.49. The Balaban J connectivity index is 1.74. The number of aromatic nitrogens is 1. The molecule has 2 aromatic rings. The molecule has 0 amide bonds. The fraction of sp³-hybridized carbons (Fsp3) is 0.312. The van der Waals surface area contributed by atoms with Crippen LogP contribution in [0.5, 0.6) is 5.75 Å². The van der Waals surface area contributed by atoms with Gasteiger partial charge in [-0.2, -0.15) is 0 Å². The molecule has 0 bridgehead atoms. The normalized spacial score (nSPS) is 23.0. The van der Waals surface area contributed by atoms with E-state index in [0.29, 0.717) is 11.7 Å². The number of sulfone groups is 1. The van der Waals surface area contributed by atoms with Gasteiger partial charge in [-0.05, 0) is 31.2 Å². The van der Waals surface area contributed by atoms with E-state index in [2.05, 4.69) is 10.3 Å². The summed E-state index contributed by atoms with van der Waals surface area (Å²) in [4.78, 5) is 3.55. The second kappa shape index (κ2) is 5.28. The van der Waals surface area contributed by atoms with Gasteiger partial charge in [-0.3, -0.25) is 4.98 Å². The van der Waals surface area contributed by atoms with Crippen molar-refractivity contribution in [3.63, 3.8) is 0 Å². The zero-order valence-corrected chi connectivity index (χ0v) is 13.0. The third kappa shape index (κ3) is 2.40. The highest BCUT2D eigenvalue weighted by Crippen LogP contribution is 2.42. The second-order valence-electron chi connectivity index (χ2n) is 5.80. The molecular weight excluding hydrogens is 319 g/mol. The lowest BCUT2D eigenvalue weighted by Gasteiger charge is -2.24. The number of nitrogens with one attached hydrogen (secondary N) is 1. The largest absolute Gasteiger partial charge is 0.488 e. The molecule has 2 aliphatic heterocycles. The van der Waals surface area contributed by atoms with Gasteiger partial charge in [0.2, 0.25) is 9.84 Å². The SMILES string of the molecule is O=S(=O)(c1cncc(F)c1)c1ccc2c(c1)OC1CNCCC21. The predicted octanol–water partition coefficient (Wildman–Crippen LogP) is 1.89. The summed E-state index contributed by atoms with van der Waals surface area (Å²) < 4.78 is 44.4. The van der Waals surface area contributed by atoms with Crippen LogP contribution in [0.3, 0.4) is 0 Å². The van der Waals surface area contributed by atoms with E-state index in [4.69, 9.17) is 4.74 Å². The fourth-order valence-electron chi connectivity index (χ4n) is 3.24. The van der Waals surface area contributed by atoms with E-state index >= 15 is 0 Å². The number of halogens is 1. The first-order chi connectivity index (χ1) is 11.1. The van der Waals surface area contributed by atoms with Crippen LogP contribution in [-0.4, -0.2) is 32.6 Å². The molecule has 5 nitrogen and oxygen atoms in total. The van der Waals surface area contributed by atoms with Crippen LogP contribution in [-0.2, 0) is 9.84 Å². The van der Waals surface area contributed by atoms with E-state index in [0.717, 1.165) is 43.5 Å². The lowest BCUT2D eigenvalue weighted by molar-refractivity contribution is 0.176. The van der Waals surface area contributed by atoms with Crippen LogP contribution in [0.25, 0.3) is 0 Å². The number of hydrogen-bond donors (Lipinski definition) is 1. The third-order valence-electron chi connectivity index (χ3n) is 4.39. The second-order valence-corrected chi connectivity index (χ2v) is 7.75. The smallest absolute Gasteiger partial charge is 0.208 e. The maximum atomic E-state index is 13.3. The van der Waals surface area contributed by atoms with Crippen LogP contribution in [0.4, 0.5) is 4.39 Å². The molecule has 120 valence electrons. The molecule has 0 spiro atoms. The van der Waals surface area contributed by atoms with Crippen molar-refractivity contribution in [3.8, 4) is 5.75 Å². The Hall–Kier alpha value is -1.99. The van der Waals surface area contributed by atoms with Crippen molar-refractivity contribution in [2.45, 2.75) is 28.2 Å². The number of benzene rings is 1. The van der Waals surface area contributed by atoms with Crippen molar-refractivity contribution < 1.29 is 17.5 Å². The minimum Gasteiger partial charge on any atom is -0.488 e. The number of rotatable bonds is 2. The van der Waals surface area contributed by atoms with Crippen LogP contribution in [0.15, 0.2) is 46.5 Å². The maximum Gasteiger partial charge on any atom is 0.208 e. The van der Waals surface area contributed by atoms with Gasteiger partial charge in [-0.15, -0.1) is 0 Å². The quantitative estimate of drug-likeness (QED) is 0.908. The molecule has 0 aliphatic carbocycles. The van der Waals surface area contributed by atoms with Crippen molar-refractivity contribution in [1.29, 1.82) is 0 Å². The summed E-state index contributed by atoms with van der Waals surface area (Å²) in [5.41, 5.74) is 1.05. The van der Waals surface area contributed by atoms with E-state index in [1.54, 1.807) is 6.07 Å². The number of ether oxygens (including phenoxy) is 1. The molecule has 2 atom stereocenters. The molecular formula is C16H15FN2O3S. The average molecular weight is 334 g/mol. The van der Waals surface area contributed by atoms with Crippen LogP contribution in [0.2, 0.25) is 0 Å². The average Bonchev–Trinajstić information content (AvgIpc) is 2.92. The number of fused-ring (bicyclic) bond motifs is 3. The summed E-state index contributed by atoms with van der Waals surface area (Å²) >= 11 is 0. The maximum absolute atomic E-state index is 13.3. The molecule has 2 aliphatic rings. The number of piperidine rings is 1. The number of hydrogen-bond acceptors (Lipinski definition) is 5. The van der Waals surface area contributed by atoms with Crippen LogP contribution >= 0.6 is 0 Å². The molecule has 3 heterocycles. The molecule has 1 aromatic heterocycles. The highest BCUT2D eigenvalue weighted by atomic mass is 32.2. The summed E-state index contributed by atoms with van der Waals surface area (Å²) in [6, 6.07) is 5.88. The summed E-state index contributed by atoms with van der Waals surface area (Å²) in [6.07, 6.45) is 3.14. The van der Waals surface area contributed by atoms with Gasteiger partial charge in [0.25, 0.3) is 0 Å². The molecule has 23 heavy (non-hydrogen) atoms. The van der Waals surface area contributed by atoms with Crippen LogP contribution in [0.1, 0.15) is 17.9 Å². The van der Waals surface area contributed by atoms with Crippen molar-refractivity contribution in [3.05, 3.63) is 48.0 Å². The van der Waals surface area contributed by atoms with Crippen LogP contribution in [0, 0.1) is 5.82 Å². The van der Waals surface area contributed by atoms with Gasteiger partial charge in [0.15, 0.2) is 0 Å². The van der Waals surface area contributed by atoms with Gasteiger partial charge in [-0.25, -0.2) is 12.8 Å². The highest BCUT2D eigenvalue weighted by Gasteiger charge is 2.36. The van der Waals surface area contributed by atoms with Gasteiger partial charge in [0.05, 0.1) is 16.0 Å². The molecule has 2 unspecified atom stereocenters. The van der Waals surface area contributed by atoms with Crippen molar-refractivity contribution in [2.75, 3.05) is 13.1 Å². The molecule has 1 aromatic carbocycles. The Bertz CT molecular complexity index is 869. The lowest BCUT2D eigenvalue weighted by Crippen LogP contribution is -2.39. The Morgan fingerprint density at radius 1 is 1.22 bits per heavy atom. The zero-order chi connectivity index (χ0) is 16.0. The number of pyridine rings is 1. The Morgan fingerprint density at radius 3 is 2.91 bits per heavy atom. The zero-order valence-electron chi connectivity index (χ0n) is 12.2. The van der Waals surface area contributed by atoms with Gasteiger partial charge < -0.3 is 10.1 Å². The molecule has 1 fully saturated rings. The lowest BCUT2D eigenvalue weighted by atomic mass is 9.90. The topological polar surface area (TPSA) is 68.3 Å². The molecule has 7 heteroatoms. The van der Waals surface area contributed by atoms with E-state index in [1.165, 1.54) is 6.07 Å². The Morgan fingerprint density at radius 2 is 2.09 bits per heavy atom. The minimum atomic E-state index is -3.81. The van der Waals surface area contributed by atoms with E-state index in [1.807, 2.05) is 6.07 Å². The summed E-state index contributed by atoms with van der Waals surface area (Å²) in [5, 5.41) is 3.27. The van der Waals surface area contributed by atoms with Crippen molar-refractivity contribution in [2.24, 2.45) is 0 Å². The molecule has 1 N–H and O–H groups in total. The minimum absolute atomic E-state index is 0.0486. The van der Waals surface area contributed by atoms with E-state index < -0.39 is 15.7 Å². The highest BCUT2D eigenvalue weighted by molar-refractivity contribution is 7.91. The van der Waals surface area contributed by atoms with E-state index in [9.17, 15) is 12.8 Å². The monoisotopic (exact) mass is 334 g/mol. The third-order valence-corrected chi connectivity index (χ3v) is 6.11. The first-order valence-corrected chi connectivity index (χ1v) is 8.91. The Labute approximate surface area is 133 Å². The standard InChI is InChI=1S/C16H15FN2O3S/c17-10-5-12(8-19-7-10)23(20,21)11-1-2-13-14-3-4-18-9-16(14)22-15(13)6-11/h1-2,5-8,14,16,18H,3-4,9H2. The first-order valence-electron chi connectivity index (χ1n) is 7.43. The van der Waals surface area contributed by atoms with Crippen LogP contribution < -0.4 is 10.1 Å². The first kappa shape index (κ1) is 14.6. The molecule has 4 rings (SSSR count). The molecule has 0 radical (unpaired) electrons. The van der Waals surface area contributed by atoms with Gasteiger partial charge in [0.1, 0.15) is 17.7 Å². The van der Waals surface area contributed by atoms with Gasteiger partial charge in [-0.1, -0.05) is 6.07 Å².